The van der Waals surface area contributed by atoms with Gasteiger partial charge in [-0.1, -0.05) is 0 Å². The molecule has 8 heteroatoms. The van der Waals surface area contributed by atoms with Crippen LogP contribution >= 0.6 is 0 Å². The van der Waals surface area contributed by atoms with Crippen molar-refractivity contribution in [2.24, 2.45) is 0 Å². The lowest BCUT2D eigenvalue weighted by Gasteiger charge is -2.30. The second-order valence-electron chi connectivity index (χ2n) is 5.00. The molecule has 1 aliphatic heterocycles. The van der Waals surface area contributed by atoms with Crippen molar-refractivity contribution in [2.45, 2.75) is 23.8 Å². The largest absolute Gasteiger partial charge is 0.394 e. The van der Waals surface area contributed by atoms with E-state index in [1.807, 2.05) is 11.9 Å². The van der Waals surface area contributed by atoms with Gasteiger partial charge in [0.2, 0.25) is 10.0 Å². The highest BCUT2D eigenvalue weighted by Gasteiger charge is 2.27. The summed E-state index contributed by atoms with van der Waals surface area (Å²) >= 11 is 0. The molecule has 1 fully saturated rings. The summed E-state index contributed by atoms with van der Waals surface area (Å²) in [5.74, 6) is -2.22. The molecule has 1 aliphatic rings. The Kier molecular flexibility index (Phi) is 4.26. The van der Waals surface area contributed by atoms with Crippen LogP contribution in [0, 0.1) is 11.6 Å². The van der Waals surface area contributed by atoms with Crippen LogP contribution in [0.3, 0.4) is 0 Å². The number of hydrogen-bond donors (Lipinski definition) is 2. The Morgan fingerprint density at radius 1 is 1.40 bits per heavy atom. The lowest BCUT2D eigenvalue weighted by atomic mass is 10.1. The molecule has 2 rings (SSSR count). The maximum absolute atomic E-state index is 13.8. The van der Waals surface area contributed by atoms with E-state index < -0.39 is 32.2 Å². The minimum atomic E-state index is -4.05. The number of likely N-dealkylation sites (tertiary alicyclic amines) is 1. The number of nitrogens with zero attached hydrogens (tertiary/aromatic N) is 1. The molecule has 20 heavy (non-hydrogen) atoms. The maximum atomic E-state index is 13.8. The van der Waals surface area contributed by atoms with Crippen molar-refractivity contribution in [3.63, 3.8) is 0 Å². The van der Waals surface area contributed by atoms with Crippen molar-refractivity contribution in [1.82, 2.24) is 9.62 Å². The van der Waals surface area contributed by atoms with Gasteiger partial charge in [-0.25, -0.2) is 21.9 Å². The molecule has 1 heterocycles. The molecule has 1 saturated heterocycles. The number of nitrogens with two attached hydrogens (primary N) is 1. The fraction of sp³-hybridized carbons (Fsp3) is 0.500. The SMILES string of the molecule is CN1CCCC(NS(=O)(=O)c2ccc(F)c(N)c2F)C1. The number of halogens is 2. The Bertz CT molecular complexity index is 607. The number of nitrogens with one attached hydrogen (secondary N) is 1. The zero-order chi connectivity index (χ0) is 14.9. The Morgan fingerprint density at radius 3 is 2.75 bits per heavy atom. The molecular formula is C12H17F2N3O2S. The third-order valence-corrected chi connectivity index (χ3v) is 4.86. The van der Waals surface area contributed by atoms with Crippen LogP contribution in [-0.4, -0.2) is 39.5 Å². The number of hydrogen-bond acceptors (Lipinski definition) is 4. The first-order chi connectivity index (χ1) is 9.31. The van der Waals surface area contributed by atoms with Crippen molar-refractivity contribution in [3.05, 3.63) is 23.8 Å². The van der Waals surface area contributed by atoms with Crippen molar-refractivity contribution >= 4 is 15.7 Å². The predicted octanol–water partition coefficient (Wildman–Crippen LogP) is 0.920. The monoisotopic (exact) mass is 305 g/mol. The van der Waals surface area contributed by atoms with Crippen LogP contribution in [0.4, 0.5) is 14.5 Å². The van der Waals surface area contributed by atoms with E-state index in [1.54, 1.807) is 0 Å². The van der Waals surface area contributed by atoms with Crippen molar-refractivity contribution in [2.75, 3.05) is 25.9 Å². The average Bonchev–Trinajstić information content (AvgIpc) is 2.35. The van der Waals surface area contributed by atoms with E-state index in [4.69, 9.17) is 5.73 Å². The van der Waals surface area contributed by atoms with Crippen LogP contribution in [0.5, 0.6) is 0 Å². The van der Waals surface area contributed by atoms with Gasteiger partial charge in [0.15, 0.2) is 5.82 Å². The summed E-state index contributed by atoms with van der Waals surface area (Å²) in [5.41, 5.74) is 4.40. The predicted molar refractivity (Wildman–Crippen MR) is 71.6 cm³/mol. The zero-order valence-electron chi connectivity index (χ0n) is 11.1. The highest BCUT2D eigenvalue weighted by molar-refractivity contribution is 7.89. The Labute approximate surface area is 116 Å². The molecule has 5 nitrogen and oxygen atoms in total. The van der Waals surface area contributed by atoms with E-state index in [0.29, 0.717) is 13.0 Å². The molecule has 0 bridgehead atoms. The lowest BCUT2D eigenvalue weighted by Crippen LogP contribution is -2.46. The van der Waals surface area contributed by atoms with Gasteiger partial charge in [-0.3, -0.25) is 0 Å². The van der Waals surface area contributed by atoms with Gasteiger partial charge in [0.05, 0.1) is 0 Å². The number of anilines is 1. The highest BCUT2D eigenvalue weighted by atomic mass is 32.2. The standard InChI is InChI=1S/C12H17F2N3O2S/c1-17-6-2-3-8(7-17)16-20(18,19)10-5-4-9(13)12(15)11(10)14/h4-5,8,16H,2-3,6-7,15H2,1H3. The quantitative estimate of drug-likeness (QED) is 0.814. The molecule has 1 aromatic rings. The van der Waals surface area contributed by atoms with Gasteiger partial charge in [0, 0.05) is 12.6 Å². The molecule has 0 aliphatic carbocycles. The smallest absolute Gasteiger partial charge is 0.243 e. The Balaban J connectivity index is 2.25. The molecule has 0 saturated carbocycles. The first-order valence-electron chi connectivity index (χ1n) is 6.25. The fourth-order valence-corrected chi connectivity index (χ4v) is 3.65. The molecule has 0 amide bonds. The van der Waals surface area contributed by atoms with Crippen LogP contribution in [-0.2, 0) is 10.0 Å². The third kappa shape index (κ3) is 3.08. The molecule has 1 aromatic carbocycles. The second-order valence-corrected chi connectivity index (χ2v) is 6.68. The van der Waals surface area contributed by atoms with Gasteiger partial charge in [0.25, 0.3) is 0 Å². The number of rotatable bonds is 3. The highest BCUT2D eigenvalue weighted by Crippen LogP contribution is 2.23. The van der Waals surface area contributed by atoms with Gasteiger partial charge in [-0.05, 0) is 38.6 Å². The van der Waals surface area contributed by atoms with Crippen LogP contribution in [0.25, 0.3) is 0 Å². The van der Waals surface area contributed by atoms with E-state index in [0.717, 1.165) is 25.1 Å². The van der Waals surface area contributed by atoms with Crippen molar-refractivity contribution in [3.8, 4) is 0 Å². The van der Waals surface area contributed by atoms with Gasteiger partial charge in [0.1, 0.15) is 16.4 Å². The van der Waals surface area contributed by atoms with Crippen LogP contribution in [0.1, 0.15) is 12.8 Å². The molecule has 0 spiro atoms. The topological polar surface area (TPSA) is 75.4 Å². The van der Waals surface area contributed by atoms with Crippen LogP contribution in [0.2, 0.25) is 0 Å². The molecule has 0 aromatic heterocycles. The Morgan fingerprint density at radius 2 is 2.10 bits per heavy atom. The summed E-state index contributed by atoms with van der Waals surface area (Å²) in [4.78, 5) is 1.37. The third-order valence-electron chi connectivity index (χ3n) is 3.33. The van der Waals surface area contributed by atoms with E-state index >= 15 is 0 Å². The number of nitrogen functional groups attached to an aromatic ring is 1. The molecule has 3 N–H and O–H groups in total. The van der Waals surface area contributed by atoms with Gasteiger partial charge in [-0.2, -0.15) is 0 Å². The van der Waals surface area contributed by atoms with E-state index in [2.05, 4.69) is 4.72 Å². The fourth-order valence-electron chi connectivity index (χ4n) is 2.30. The van der Waals surface area contributed by atoms with Crippen molar-refractivity contribution in [1.29, 1.82) is 0 Å². The molecule has 112 valence electrons. The number of likely N-dealkylation sites (N-methyl/N-ethyl adjacent to an activating group) is 1. The van der Waals surface area contributed by atoms with E-state index in [1.165, 1.54) is 0 Å². The van der Waals surface area contributed by atoms with Crippen LogP contribution in [0.15, 0.2) is 17.0 Å². The van der Waals surface area contributed by atoms with Gasteiger partial charge >= 0.3 is 0 Å². The normalized spacial score (nSPS) is 21.1. The zero-order valence-corrected chi connectivity index (χ0v) is 11.9. The molecule has 1 atom stereocenters. The van der Waals surface area contributed by atoms with Gasteiger partial charge < -0.3 is 10.6 Å². The summed E-state index contributed by atoms with van der Waals surface area (Å²) in [6, 6.07) is 1.44. The summed E-state index contributed by atoms with van der Waals surface area (Å²) in [5, 5.41) is 0. The lowest BCUT2D eigenvalue weighted by molar-refractivity contribution is 0.242. The maximum Gasteiger partial charge on any atom is 0.243 e. The van der Waals surface area contributed by atoms with Crippen LogP contribution < -0.4 is 10.5 Å². The van der Waals surface area contributed by atoms with E-state index in [9.17, 15) is 17.2 Å². The Hall–Kier alpha value is -1.25. The molecular weight excluding hydrogens is 288 g/mol. The number of piperidine rings is 1. The minimum absolute atomic E-state index is 0.288. The number of benzene rings is 1. The van der Waals surface area contributed by atoms with E-state index in [-0.39, 0.29) is 6.04 Å². The second kappa shape index (κ2) is 5.63. The summed E-state index contributed by atoms with van der Waals surface area (Å²) in [6.07, 6.45) is 1.54. The van der Waals surface area contributed by atoms with Gasteiger partial charge in [-0.15, -0.1) is 0 Å². The average molecular weight is 305 g/mol. The first-order valence-corrected chi connectivity index (χ1v) is 7.74. The van der Waals surface area contributed by atoms with Crippen molar-refractivity contribution < 1.29 is 17.2 Å². The molecule has 1 unspecified atom stereocenters. The summed E-state index contributed by atoms with van der Waals surface area (Å²) < 4.78 is 53.6. The summed E-state index contributed by atoms with van der Waals surface area (Å²) in [6.45, 7) is 1.45. The first kappa shape index (κ1) is 15.1. The number of sulfonamides is 1. The minimum Gasteiger partial charge on any atom is -0.394 e. The summed E-state index contributed by atoms with van der Waals surface area (Å²) in [7, 11) is -2.17. The molecule has 0 radical (unpaired) electrons.